The van der Waals surface area contributed by atoms with E-state index in [2.05, 4.69) is 5.32 Å². The molecule has 1 aliphatic rings. The number of nitrogens with one attached hydrogen (secondary N) is 1. The van der Waals surface area contributed by atoms with E-state index < -0.39 is 14.9 Å². The number of nitro groups is 1. The molecule has 1 aromatic heterocycles. The number of carbonyl (C=O) groups excluding carboxylic acids is 1. The van der Waals surface area contributed by atoms with Gasteiger partial charge in [0, 0.05) is 57.9 Å². The summed E-state index contributed by atoms with van der Waals surface area (Å²) in [5.41, 5.74) is 1.63. The van der Waals surface area contributed by atoms with Gasteiger partial charge in [-0.3, -0.25) is 24.0 Å². The van der Waals surface area contributed by atoms with Gasteiger partial charge >= 0.3 is 5.69 Å². The number of sulfonamides is 1. The largest absolute Gasteiger partial charge is 0.363 e. The van der Waals surface area contributed by atoms with Gasteiger partial charge in [-0.15, -0.1) is 0 Å². The zero-order valence-electron chi connectivity index (χ0n) is 20.3. The highest BCUT2D eigenvalue weighted by molar-refractivity contribution is 7.89. The molecule has 0 radical (unpaired) electrons. The second-order valence-electron chi connectivity index (χ2n) is 8.45. The molecule has 1 fully saturated rings. The van der Waals surface area contributed by atoms with Crippen molar-refractivity contribution in [2.24, 2.45) is 0 Å². The molecule has 13 heteroatoms. The molecule has 1 amide bonds. The quantitative estimate of drug-likeness (QED) is 0.375. The Labute approximate surface area is 207 Å². The van der Waals surface area contributed by atoms with Crippen molar-refractivity contribution in [1.82, 2.24) is 13.4 Å². The summed E-state index contributed by atoms with van der Waals surface area (Å²) in [5.74, 6) is -0.254. The van der Waals surface area contributed by atoms with E-state index in [-0.39, 0.29) is 48.4 Å². The lowest BCUT2D eigenvalue weighted by Crippen LogP contribution is -2.48. The van der Waals surface area contributed by atoms with Crippen molar-refractivity contribution >= 4 is 44.0 Å². The minimum atomic E-state index is -3.78. The summed E-state index contributed by atoms with van der Waals surface area (Å²) in [4.78, 5) is 37.3. The molecular formula is C23H28N6O6S. The summed E-state index contributed by atoms with van der Waals surface area (Å²) in [7, 11) is -3.78. The third-order valence-electron chi connectivity index (χ3n) is 6.34. The summed E-state index contributed by atoms with van der Waals surface area (Å²) in [5, 5.41) is 14.5. The molecule has 12 nitrogen and oxygen atoms in total. The molecule has 1 saturated heterocycles. The first kappa shape index (κ1) is 25.4. The van der Waals surface area contributed by atoms with Crippen molar-refractivity contribution < 1.29 is 18.1 Å². The fourth-order valence-corrected chi connectivity index (χ4v) is 6.00. The van der Waals surface area contributed by atoms with Gasteiger partial charge in [0.2, 0.25) is 15.9 Å². The van der Waals surface area contributed by atoms with E-state index in [0.717, 1.165) is 0 Å². The van der Waals surface area contributed by atoms with Crippen LogP contribution in [0.4, 0.5) is 17.1 Å². The van der Waals surface area contributed by atoms with Gasteiger partial charge in [-0.2, -0.15) is 4.31 Å². The van der Waals surface area contributed by atoms with E-state index in [1.165, 1.54) is 46.1 Å². The minimum absolute atomic E-state index is 0.102. The molecule has 2 aromatic carbocycles. The molecule has 4 rings (SSSR count). The Hall–Kier alpha value is -3.71. The SMILES string of the molecule is CCn1c(=O)n(CC)c2cc([N+](=O)[O-])c(N3CCN(S(=O)(=O)c4ccc(NC(C)=O)cc4)CC3)cc21. The highest BCUT2D eigenvalue weighted by atomic mass is 32.2. The fourth-order valence-electron chi connectivity index (χ4n) is 4.58. The Morgan fingerprint density at radius 1 is 1.00 bits per heavy atom. The fraction of sp³-hybridized carbons (Fsp3) is 0.391. The predicted octanol–water partition coefficient (Wildman–Crippen LogP) is 2.22. The number of nitro benzene ring substituents is 1. The van der Waals surface area contributed by atoms with E-state index in [1.807, 2.05) is 13.8 Å². The Kier molecular flexibility index (Phi) is 6.87. The highest BCUT2D eigenvalue weighted by Crippen LogP contribution is 2.34. The maximum absolute atomic E-state index is 13.1. The van der Waals surface area contributed by atoms with Crippen LogP contribution in [-0.2, 0) is 27.9 Å². The molecule has 0 bridgehead atoms. The van der Waals surface area contributed by atoms with Crippen LogP contribution in [0.15, 0.2) is 46.1 Å². The summed E-state index contributed by atoms with van der Waals surface area (Å²) in [6.07, 6.45) is 0. The van der Waals surface area contributed by atoms with Crippen LogP contribution in [0, 0.1) is 10.1 Å². The van der Waals surface area contributed by atoms with Crippen LogP contribution < -0.4 is 15.9 Å². The molecule has 3 aromatic rings. The molecule has 192 valence electrons. The van der Waals surface area contributed by atoms with Gasteiger partial charge in [-0.25, -0.2) is 13.2 Å². The maximum Gasteiger partial charge on any atom is 0.329 e. The van der Waals surface area contributed by atoms with Crippen LogP contribution in [-0.4, -0.2) is 58.9 Å². The van der Waals surface area contributed by atoms with E-state index >= 15 is 0 Å². The lowest BCUT2D eigenvalue weighted by Gasteiger charge is -2.35. The molecule has 0 aliphatic carbocycles. The first-order valence-electron chi connectivity index (χ1n) is 11.6. The molecular weight excluding hydrogens is 488 g/mol. The normalized spacial score (nSPS) is 14.8. The highest BCUT2D eigenvalue weighted by Gasteiger charge is 2.31. The van der Waals surface area contributed by atoms with Crippen molar-refractivity contribution in [1.29, 1.82) is 0 Å². The molecule has 2 heterocycles. The number of imidazole rings is 1. The monoisotopic (exact) mass is 516 g/mol. The minimum Gasteiger partial charge on any atom is -0.363 e. The average molecular weight is 517 g/mol. The number of benzene rings is 2. The van der Waals surface area contributed by atoms with E-state index in [4.69, 9.17) is 0 Å². The second-order valence-corrected chi connectivity index (χ2v) is 10.4. The van der Waals surface area contributed by atoms with Gasteiger partial charge in [0.05, 0.1) is 20.9 Å². The summed E-state index contributed by atoms with van der Waals surface area (Å²) >= 11 is 0. The smallest absolute Gasteiger partial charge is 0.329 e. The van der Waals surface area contributed by atoms with Crippen LogP contribution >= 0.6 is 0 Å². The van der Waals surface area contributed by atoms with Gasteiger partial charge in [0.25, 0.3) is 5.69 Å². The molecule has 0 atom stereocenters. The standard InChI is InChI=1S/C23H28N6O6S/c1-4-27-20-14-19(22(29(32)33)15-21(20)28(5-2)23(27)31)25-10-12-26(13-11-25)36(34,35)18-8-6-17(7-9-18)24-16(3)30/h6-9,14-15H,4-5,10-13H2,1-3H3,(H,24,30). The third kappa shape index (κ3) is 4.46. The molecule has 36 heavy (non-hydrogen) atoms. The number of fused-ring (bicyclic) bond motifs is 1. The second kappa shape index (κ2) is 9.74. The van der Waals surface area contributed by atoms with Gasteiger partial charge < -0.3 is 10.2 Å². The van der Waals surface area contributed by atoms with Crippen LogP contribution in [0.1, 0.15) is 20.8 Å². The van der Waals surface area contributed by atoms with Crippen molar-refractivity contribution in [3.8, 4) is 0 Å². The Morgan fingerprint density at radius 2 is 1.56 bits per heavy atom. The number of hydrogen-bond acceptors (Lipinski definition) is 7. The average Bonchev–Trinajstić information content (AvgIpc) is 3.12. The summed E-state index contributed by atoms with van der Waals surface area (Å²) < 4.78 is 30.7. The Balaban J connectivity index is 1.61. The summed E-state index contributed by atoms with van der Waals surface area (Å²) in [6, 6.07) is 9.02. The number of piperazine rings is 1. The topological polar surface area (TPSA) is 140 Å². The molecule has 1 aliphatic heterocycles. The van der Waals surface area contributed by atoms with Crippen LogP contribution in [0.3, 0.4) is 0 Å². The van der Waals surface area contributed by atoms with Gasteiger partial charge in [0.1, 0.15) is 5.69 Å². The third-order valence-corrected chi connectivity index (χ3v) is 8.25. The van der Waals surface area contributed by atoms with E-state index in [1.54, 1.807) is 15.5 Å². The molecule has 0 saturated carbocycles. The van der Waals surface area contributed by atoms with Crippen molar-refractivity contribution in [2.75, 3.05) is 36.4 Å². The van der Waals surface area contributed by atoms with E-state index in [0.29, 0.717) is 35.5 Å². The summed E-state index contributed by atoms with van der Waals surface area (Å²) in [6.45, 7) is 6.62. The number of aryl methyl sites for hydroxylation is 2. The molecule has 0 spiro atoms. The number of amides is 1. The van der Waals surface area contributed by atoms with Gasteiger partial charge in [-0.1, -0.05) is 0 Å². The van der Waals surface area contributed by atoms with Crippen LogP contribution in [0.25, 0.3) is 11.0 Å². The number of hydrogen-bond donors (Lipinski definition) is 1. The number of nitrogens with zero attached hydrogens (tertiary/aromatic N) is 5. The van der Waals surface area contributed by atoms with Crippen LogP contribution in [0.2, 0.25) is 0 Å². The van der Waals surface area contributed by atoms with Crippen LogP contribution in [0.5, 0.6) is 0 Å². The Bertz CT molecular complexity index is 1480. The molecule has 0 unspecified atom stereocenters. The number of aromatic nitrogens is 2. The van der Waals surface area contributed by atoms with Crippen molar-refractivity contribution in [2.45, 2.75) is 38.8 Å². The first-order chi connectivity index (χ1) is 17.1. The van der Waals surface area contributed by atoms with Crippen molar-refractivity contribution in [3.63, 3.8) is 0 Å². The lowest BCUT2D eigenvalue weighted by atomic mass is 10.2. The number of carbonyl (C=O) groups is 1. The van der Waals surface area contributed by atoms with E-state index in [9.17, 15) is 28.1 Å². The zero-order chi connectivity index (χ0) is 26.2. The number of rotatable bonds is 7. The van der Waals surface area contributed by atoms with Gasteiger partial charge in [0.15, 0.2) is 0 Å². The van der Waals surface area contributed by atoms with Crippen molar-refractivity contribution in [3.05, 3.63) is 57.0 Å². The lowest BCUT2D eigenvalue weighted by molar-refractivity contribution is -0.384. The number of anilines is 2. The van der Waals surface area contributed by atoms with Gasteiger partial charge in [-0.05, 0) is 44.2 Å². The zero-order valence-corrected chi connectivity index (χ0v) is 21.1. The molecule has 1 N–H and O–H groups in total. The predicted molar refractivity (Wildman–Crippen MR) is 136 cm³/mol. The maximum atomic E-state index is 13.1. The first-order valence-corrected chi connectivity index (χ1v) is 13.1. The Morgan fingerprint density at radius 3 is 2.06 bits per heavy atom.